The largest absolute Gasteiger partial charge is 0.380 e. The summed E-state index contributed by atoms with van der Waals surface area (Å²) in [5.74, 6) is 1.75. The molecule has 1 aromatic heterocycles. The van der Waals surface area contributed by atoms with Crippen LogP contribution in [0.5, 0.6) is 0 Å². The molecule has 0 spiro atoms. The first kappa shape index (κ1) is 14.9. The fraction of sp³-hybridized carbons (Fsp3) is 0.706. The van der Waals surface area contributed by atoms with E-state index in [0.29, 0.717) is 37.9 Å². The molecule has 3 aliphatic rings. The predicted octanol–water partition coefficient (Wildman–Crippen LogP) is 1.99. The fourth-order valence-corrected chi connectivity index (χ4v) is 4.10. The van der Waals surface area contributed by atoms with Crippen molar-refractivity contribution in [1.82, 2.24) is 15.0 Å². The number of allylic oxidation sites excluding steroid dienone is 1. The Morgan fingerprint density at radius 3 is 3.13 bits per heavy atom. The minimum atomic E-state index is -0.308. The third-order valence-electron chi connectivity index (χ3n) is 5.44. The van der Waals surface area contributed by atoms with Crippen LogP contribution in [0.2, 0.25) is 0 Å². The van der Waals surface area contributed by atoms with Gasteiger partial charge < -0.3 is 14.2 Å². The highest BCUT2D eigenvalue weighted by Gasteiger charge is 2.56. The number of carbonyl (C=O) groups excluding carboxylic acids is 1. The van der Waals surface area contributed by atoms with Crippen molar-refractivity contribution in [2.75, 3.05) is 26.3 Å². The van der Waals surface area contributed by atoms with Gasteiger partial charge in [-0.1, -0.05) is 16.8 Å². The number of amides is 1. The molecule has 2 aliphatic heterocycles. The van der Waals surface area contributed by atoms with Crippen molar-refractivity contribution < 1.29 is 14.1 Å². The van der Waals surface area contributed by atoms with Gasteiger partial charge in [0.15, 0.2) is 5.82 Å². The summed E-state index contributed by atoms with van der Waals surface area (Å²) in [6.07, 6.45) is 7.46. The molecule has 4 rings (SSSR count). The fourth-order valence-electron chi connectivity index (χ4n) is 4.10. The smallest absolute Gasteiger partial charge is 0.237 e. The van der Waals surface area contributed by atoms with Crippen molar-refractivity contribution in [2.24, 2.45) is 5.92 Å². The van der Waals surface area contributed by atoms with Gasteiger partial charge in [0, 0.05) is 25.4 Å². The monoisotopic (exact) mass is 317 g/mol. The summed E-state index contributed by atoms with van der Waals surface area (Å²) < 4.78 is 11.1. The molecule has 0 saturated carbocycles. The summed E-state index contributed by atoms with van der Waals surface area (Å²) in [6, 6.07) is 0. The molecule has 2 saturated heterocycles. The molecule has 0 aromatic carbocycles. The minimum Gasteiger partial charge on any atom is -0.380 e. The SMILES string of the molecule is Cc1noc([C@@]23COC[C@@H]2CN(C(=O)CC2=CCCCC2)C3)n1. The number of fused-ring (bicyclic) bond motifs is 1. The van der Waals surface area contributed by atoms with E-state index in [0.717, 1.165) is 19.4 Å². The average molecular weight is 317 g/mol. The van der Waals surface area contributed by atoms with E-state index in [-0.39, 0.29) is 17.2 Å². The maximum atomic E-state index is 12.7. The van der Waals surface area contributed by atoms with Crippen molar-refractivity contribution in [2.45, 2.75) is 44.4 Å². The van der Waals surface area contributed by atoms with E-state index >= 15 is 0 Å². The number of hydrogen-bond acceptors (Lipinski definition) is 5. The van der Waals surface area contributed by atoms with Gasteiger partial charge in [0.25, 0.3) is 0 Å². The van der Waals surface area contributed by atoms with Crippen LogP contribution in [0.3, 0.4) is 0 Å². The Labute approximate surface area is 135 Å². The average Bonchev–Trinajstić information content (AvgIpc) is 3.21. The summed E-state index contributed by atoms with van der Waals surface area (Å²) in [5, 5.41) is 3.93. The Balaban J connectivity index is 1.50. The molecule has 0 N–H and O–H groups in total. The summed E-state index contributed by atoms with van der Waals surface area (Å²) in [4.78, 5) is 19.1. The van der Waals surface area contributed by atoms with Crippen LogP contribution in [0.1, 0.15) is 43.8 Å². The van der Waals surface area contributed by atoms with Crippen LogP contribution in [0.4, 0.5) is 0 Å². The number of aryl methyl sites for hydroxylation is 1. The van der Waals surface area contributed by atoms with E-state index in [9.17, 15) is 4.79 Å². The van der Waals surface area contributed by atoms with Crippen LogP contribution in [0, 0.1) is 12.8 Å². The topological polar surface area (TPSA) is 68.5 Å². The van der Waals surface area contributed by atoms with E-state index in [1.807, 2.05) is 11.8 Å². The number of carbonyl (C=O) groups is 1. The van der Waals surface area contributed by atoms with Crippen LogP contribution in [0.15, 0.2) is 16.2 Å². The highest BCUT2D eigenvalue weighted by molar-refractivity contribution is 5.79. The molecule has 3 heterocycles. The molecule has 0 unspecified atom stereocenters. The molecule has 6 nitrogen and oxygen atoms in total. The third kappa shape index (κ3) is 2.59. The molecule has 1 aromatic rings. The van der Waals surface area contributed by atoms with Crippen LogP contribution >= 0.6 is 0 Å². The maximum Gasteiger partial charge on any atom is 0.237 e. The third-order valence-corrected chi connectivity index (χ3v) is 5.44. The molecule has 2 fully saturated rings. The van der Waals surface area contributed by atoms with Crippen molar-refractivity contribution in [1.29, 1.82) is 0 Å². The van der Waals surface area contributed by atoms with E-state index < -0.39 is 0 Å². The highest BCUT2D eigenvalue weighted by Crippen LogP contribution is 2.43. The normalized spacial score (nSPS) is 30.4. The first-order valence-corrected chi connectivity index (χ1v) is 8.51. The van der Waals surface area contributed by atoms with Crippen LogP contribution in [-0.2, 0) is 14.9 Å². The second kappa shape index (κ2) is 5.74. The van der Waals surface area contributed by atoms with Crippen LogP contribution < -0.4 is 0 Å². The van der Waals surface area contributed by atoms with Gasteiger partial charge >= 0.3 is 0 Å². The number of hydrogen-bond donors (Lipinski definition) is 0. The summed E-state index contributed by atoms with van der Waals surface area (Å²) in [5.41, 5.74) is 0.995. The van der Waals surface area contributed by atoms with E-state index in [1.54, 1.807) is 0 Å². The van der Waals surface area contributed by atoms with Crippen molar-refractivity contribution in [3.8, 4) is 0 Å². The van der Waals surface area contributed by atoms with Gasteiger partial charge in [-0.25, -0.2) is 0 Å². The molecular formula is C17H23N3O3. The number of nitrogens with zero attached hydrogens (tertiary/aromatic N) is 3. The van der Waals surface area contributed by atoms with Crippen molar-refractivity contribution in [3.05, 3.63) is 23.4 Å². The first-order valence-electron chi connectivity index (χ1n) is 8.51. The van der Waals surface area contributed by atoms with Gasteiger partial charge in [-0.3, -0.25) is 4.79 Å². The molecule has 2 atom stereocenters. The van der Waals surface area contributed by atoms with Crippen LogP contribution in [0.25, 0.3) is 0 Å². The lowest BCUT2D eigenvalue weighted by molar-refractivity contribution is -0.130. The molecule has 124 valence electrons. The molecule has 23 heavy (non-hydrogen) atoms. The predicted molar refractivity (Wildman–Crippen MR) is 82.8 cm³/mol. The van der Waals surface area contributed by atoms with Crippen molar-refractivity contribution >= 4 is 5.91 Å². The lowest BCUT2D eigenvalue weighted by Crippen LogP contribution is -2.37. The molecule has 1 amide bonds. The van der Waals surface area contributed by atoms with Gasteiger partial charge in [-0.15, -0.1) is 0 Å². The molecular weight excluding hydrogens is 294 g/mol. The molecule has 0 radical (unpaired) electrons. The van der Waals surface area contributed by atoms with Gasteiger partial charge in [-0.2, -0.15) is 4.98 Å². The van der Waals surface area contributed by atoms with E-state index in [4.69, 9.17) is 9.26 Å². The van der Waals surface area contributed by atoms with Crippen molar-refractivity contribution in [3.63, 3.8) is 0 Å². The molecule has 1 aliphatic carbocycles. The Bertz CT molecular complexity index is 639. The highest BCUT2D eigenvalue weighted by atomic mass is 16.5. The number of ether oxygens (including phenoxy) is 1. The first-order chi connectivity index (χ1) is 11.2. The zero-order valence-electron chi connectivity index (χ0n) is 13.6. The summed E-state index contributed by atoms with van der Waals surface area (Å²) >= 11 is 0. The van der Waals surface area contributed by atoms with Gasteiger partial charge in [-0.05, 0) is 32.6 Å². The zero-order chi connectivity index (χ0) is 15.9. The Morgan fingerprint density at radius 2 is 2.39 bits per heavy atom. The van der Waals surface area contributed by atoms with Gasteiger partial charge in [0.1, 0.15) is 0 Å². The lowest BCUT2D eigenvalue weighted by atomic mass is 9.81. The summed E-state index contributed by atoms with van der Waals surface area (Å²) in [6.45, 7) is 4.40. The second-order valence-electron chi connectivity index (χ2n) is 7.07. The number of rotatable bonds is 3. The van der Waals surface area contributed by atoms with Gasteiger partial charge in [0.05, 0.1) is 18.6 Å². The standard InChI is InChI=1S/C17H23N3O3/c1-12-18-16(23-19-12)17-10-20(8-14(17)9-22-11-17)15(21)7-13-5-3-2-4-6-13/h5,14H,2-4,6-11H2,1H3/t14-,17-/m0/s1. The lowest BCUT2D eigenvalue weighted by Gasteiger charge is -2.23. The summed E-state index contributed by atoms with van der Waals surface area (Å²) in [7, 11) is 0. The Morgan fingerprint density at radius 1 is 1.48 bits per heavy atom. The van der Waals surface area contributed by atoms with Gasteiger partial charge in [0.2, 0.25) is 11.8 Å². The molecule has 6 heteroatoms. The zero-order valence-corrected chi connectivity index (χ0v) is 13.6. The second-order valence-corrected chi connectivity index (χ2v) is 7.07. The number of aromatic nitrogens is 2. The van der Waals surface area contributed by atoms with E-state index in [1.165, 1.54) is 18.4 Å². The number of likely N-dealkylation sites (tertiary alicyclic amines) is 1. The van der Waals surface area contributed by atoms with Crippen LogP contribution in [-0.4, -0.2) is 47.3 Å². The Kier molecular flexibility index (Phi) is 3.71. The Hall–Kier alpha value is -1.69. The maximum absolute atomic E-state index is 12.7. The molecule has 0 bridgehead atoms. The minimum absolute atomic E-state index is 0.225. The van der Waals surface area contributed by atoms with E-state index in [2.05, 4.69) is 16.2 Å². The quantitative estimate of drug-likeness (QED) is 0.798.